The molecule has 1 heterocycles. The molecule has 5 nitrogen and oxygen atoms in total. The molecule has 0 bridgehead atoms. The maximum atomic E-state index is 12.2. The molecule has 1 rings (SSSR count). The maximum Gasteiger partial charge on any atom is 0.238 e. The van der Waals surface area contributed by atoms with Crippen LogP contribution in [0.1, 0.15) is 6.92 Å². The first-order valence-electron chi connectivity index (χ1n) is 5.91. The molecule has 0 aromatic heterocycles. The van der Waals surface area contributed by atoms with Crippen LogP contribution in [-0.4, -0.2) is 51.6 Å². The summed E-state index contributed by atoms with van der Waals surface area (Å²) in [4.78, 5) is 11.4. The van der Waals surface area contributed by atoms with Gasteiger partial charge in [0, 0.05) is 21.2 Å². The fourth-order valence-corrected chi connectivity index (χ4v) is 6.36. The number of hydrogen-bond donors (Lipinski definition) is 1. The lowest BCUT2D eigenvalue weighted by atomic mass is 10.2. The van der Waals surface area contributed by atoms with E-state index in [2.05, 4.69) is 25.0 Å². The van der Waals surface area contributed by atoms with Crippen molar-refractivity contribution < 1.29 is 13.2 Å². The Kier molecular flexibility index (Phi) is 4.37. The normalized spacial score (nSPS) is 23.5. The second-order valence-electron chi connectivity index (χ2n) is 5.70. The largest absolute Gasteiger partial charge is 0.353 e. The Labute approximate surface area is 105 Å². The molecule has 0 aliphatic carbocycles. The molecule has 17 heavy (non-hydrogen) atoms. The molecule has 1 aliphatic rings. The van der Waals surface area contributed by atoms with Crippen LogP contribution in [0.4, 0.5) is 0 Å². The van der Waals surface area contributed by atoms with Gasteiger partial charge < -0.3 is 5.32 Å². The van der Waals surface area contributed by atoms with Crippen molar-refractivity contribution in [3.05, 3.63) is 0 Å². The van der Waals surface area contributed by atoms with Crippen molar-refractivity contribution in [3.63, 3.8) is 0 Å². The molecule has 0 saturated carbocycles. The molecule has 1 unspecified atom stereocenters. The number of sulfonamides is 1. The van der Waals surface area contributed by atoms with Crippen molar-refractivity contribution in [2.24, 2.45) is 0 Å². The molecule has 7 heteroatoms. The average Bonchev–Trinajstić information content (AvgIpc) is 2.18. The monoisotopic (exact) mass is 278 g/mol. The third-order valence-electron chi connectivity index (χ3n) is 2.91. The highest BCUT2D eigenvalue weighted by atomic mass is 32.2. The van der Waals surface area contributed by atoms with E-state index in [0.717, 1.165) is 6.04 Å². The molecule has 100 valence electrons. The van der Waals surface area contributed by atoms with Crippen LogP contribution >= 0.6 is 0 Å². The van der Waals surface area contributed by atoms with Crippen LogP contribution in [0.2, 0.25) is 25.7 Å². The summed E-state index contributed by atoms with van der Waals surface area (Å²) >= 11 is 0. The van der Waals surface area contributed by atoms with Gasteiger partial charge >= 0.3 is 0 Å². The SMILES string of the molecule is CC1C(=O)NCCN1S(=O)(=O)CC[Si](C)(C)C. The molecule has 1 amide bonds. The molecule has 1 atom stereocenters. The maximum absolute atomic E-state index is 12.2. The molecule has 1 aliphatic heterocycles. The highest BCUT2D eigenvalue weighted by molar-refractivity contribution is 7.89. The van der Waals surface area contributed by atoms with Gasteiger partial charge in [-0.1, -0.05) is 19.6 Å². The summed E-state index contributed by atoms with van der Waals surface area (Å²) in [5.41, 5.74) is 0. The van der Waals surface area contributed by atoms with Gasteiger partial charge in [-0.25, -0.2) is 8.42 Å². The van der Waals surface area contributed by atoms with Crippen LogP contribution in [0.3, 0.4) is 0 Å². The van der Waals surface area contributed by atoms with Crippen LogP contribution in [0.25, 0.3) is 0 Å². The quantitative estimate of drug-likeness (QED) is 0.760. The van der Waals surface area contributed by atoms with Crippen LogP contribution in [-0.2, 0) is 14.8 Å². The van der Waals surface area contributed by atoms with E-state index in [4.69, 9.17) is 0 Å². The third-order valence-corrected chi connectivity index (χ3v) is 6.96. The van der Waals surface area contributed by atoms with E-state index < -0.39 is 24.1 Å². The number of rotatable bonds is 4. The van der Waals surface area contributed by atoms with E-state index in [1.807, 2.05) is 0 Å². The van der Waals surface area contributed by atoms with Gasteiger partial charge in [-0.05, 0) is 13.0 Å². The molecule has 0 aromatic rings. The lowest BCUT2D eigenvalue weighted by Crippen LogP contribution is -2.56. The number of nitrogens with one attached hydrogen (secondary N) is 1. The van der Waals surface area contributed by atoms with Crippen LogP contribution in [0.5, 0.6) is 0 Å². The van der Waals surface area contributed by atoms with E-state index >= 15 is 0 Å². The van der Waals surface area contributed by atoms with Crippen LogP contribution in [0.15, 0.2) is 0 Å². The summed E-state index contributed by atoms with van der Waals surface area (Å²) < 4.78 is 25.7. The van der Waals surface area contributed by atoms with E-state index in [9.17, 15) is 13.2 Å². The third kappa shape index (κ3) is 4.08. The predicted molar refractivity (Wildman–Crippen MR) is 71.1 cm³/mol. The Hall–Kier alpha value is -0.403. The summed E-state index contributed by atoms with van der Waals surface area (Å²) in [5, 5.41) is 2.67. The lowest BCUT2D eigenvalue weighted by molar-refractivity contribution is -0.126. The molecule has 1 fully saturated rings. The van der Waals surface area contributed by atoms with E-state index in [1.54, 1.807) is 6.92 Å². The second kappa shape index (κ2) is 5.07. The molecule has 0 spiro atoms. The van der Waals surface area contributed by atoms with Gasteiger partial charge in [0.2, 0.25) is 15.9 Å². The van der Waals surface area contributed by atoms with Gasteiger partial charge in [-0.2, -0.15) is 4.31 Å². The molecule has 1 saturated heterocycles. The molecule has 0 aromatic carbocycles. The Balaban J connectivity index is 2.73. The van der Waals surface area contributed by atoms with Crippen LogP contribution in [0, 0.1) is 0 Å². The first-order chi connectivity index (χ1) is 7.63. The Morgan fingerprint density at radius 2 is 2.00 bits per heavy atom. The van der Waals surface area contributed by atoms with E-state index in [-0.39, 0.29) is 11.7 Å². The number of piperazine rings is 1. The predicted octanol–water partition coefficient (Wildman–Crippen LogP) is 0.475. The van der Waals surface area contributed by atoms with Gasteiger partial charge in [-0.15, -0.1) is 0 Å². The van der Waals surface area contributed by atoms with Gasteiger partial charge in [0.05, 0.1) is 5.75 Å². The van der Waals surface area contributed by atoms with Gasteiger partial charge in [0.25, 0.3) is 0 Å². The first-order valence-corrected chi connectivity index (χ1v) is 11.2. The second-order valence-corrected chi connectivity index (χ2v) is 13.4. The van der Waals surface area contributed by atoms with Crippen molar-refractivity contribution in [1.82, 2.24) is 9.62 Å². The van der Waals surface area contributed by atoms with Gasteiger partial charge in [0.15, 0.2) is 0 Å². The number of carbonyl (C=O) groups excluding carboxylic acids is 1. The number of hydrogen-bond acceptors (Lipinski definition) is 3. The summed E-state index contributed by atoms with van der Waals surface area (Å²) in [5.74, 6) is -0.0341. The van der Waals surface area contributed by atoms with E-state index in [1.165, 1.54) is 4.31 Å². The zero-order valence-electron chi connectivity index (χ0n) is 11.0. The average molecular weight is 278 g/mol. The highest BCUT2D eigenvalue weighted by Gasteiger charge is 2.34. The van der Waals surface area contributed by atoms with Crippen molar-refractivity contribution in [1.29, 1.82) is 0 Å². The van der Waals surface area contributed by atoms with Crippen molar-refractivity contribution in [2.75, 3.05) is 18.8 Å². The Morgan fingerprint density at radius 3 is 2.53 bits per heavy atom. The zero-order valence-corrected chi connectivity index (χ0v) is 12.8. The summed E-state index contributed by atoms with van der Waals surface area (Å²) in [6, 6.07) is 0.163. The smallest absolute Gasteiger partial charge is 0.238 e. The fraction of sp³-hybridized carbons (Fsp3) is 0.900. The van der Waals surface area contributed by atoms with Crippen molar-refractivity contribution in [2.45, 2.75) is 38.7 Å². The van der Waals surface area contributed by atoms with Crippen molar-refractivity contribution in [3.8, 4) is 0 Å². The summed E-state index contributed by atoms with van der Waals surface area (Å²) in [6.07, 6.45) is 0. The molecule has 1 N–H and O–H groups in total. The number of carbonyl (C=O) groups is 1. The summed E-state index contributed by atoms with van der Waals surface area (Å²) in [6.45, 7) is 8.88. The van der Waals surface area contributed by atoms with Gasteiger partial charge in [0.1, 0.15) is 6.04 Å². The minimum atomic E-state index is -3.29. The lowest BCUT2D eigenvalue weighted by Gasteiger charge is -2.32. The first kappa shape index (κ1) is 14.7. The highest BCUT2D eigenvalue weighted by Crippen LogP contribution is 2.16. The van der Waals surface area contributed by atoms with Crippen molar-refractivity contribution >= 4 is 24.0 Å². The number of nitrogens with zero attached hydrogens (tertiary/aromatic N) is 1. The minimum Gasteiger partial charge on any atom is -0.353 e. The van der Waals surface area contributed by atoms with Gasteiger partial charge in [-0.3, -0.25) is 4.79 Å². The standard InChI is InChI=1S/C10H22N2O3SSi/c1-9-10(13)11-5-6-12(9)16(14,15)7-8-17(2,3)4/h9H,5-8H2,1-4H3,(H,11,13). The van der Waals surface area contributed by atoms with E-state index in [0.29, 0.717) is 13.1 Å². The fourth-order valence-electron chi connectivity index (χ4n) is 1.69. The molecule has 0 radical (unpaired) electrons. The Morgan fingerprint density at radius 1 is 1.41 bits per heavy atom. The minimum absolute atomic E-state index is 0.167. The van der Waals surface area contributed by atoms with Crippen LogP contribution < -0.4 is 5.32 Å². The molecular weight excluding hydrogens is 256 g/mol. The number of amides is 1. The Bertz CT molecular complexity index is 389. The zero-order chi connectivity index (χ0) is 13.3. The topological polar surface area (TPSA) is 66.5 Å². The molecular formula is C10H22N2O3SSi. The summed E-state index contributed by atoms with van der Waals surface area (Å²) in [7, 11) is -4.67.